The highest BCUT2D eigenvalue weighted by Crippen LogP contribution is 2.43. The number of sulfone groups is 1. The maximum Gasteiger partial charge on any atom is 0.186 e. The van der Waals surface area contributed by atoms with Crippen LogP contribution in [0.1, 0.15) is 6.92 Å². The molecule has 1 aromatic heterocycles. The van der Waals surface area contributed by atoms with Gasteiger partial charge in [0, 0.05) is 54.8 Å². The first-order valence-electron chi connectivity index (χ1n) is 12.1. The molecule has 0 radical (unpaired) electrons. The molecule has 41 heavy (non-hydrogen) atoms. The summed E-state index contributed by atoms with van der Waals surface area (Å²) in [5.41, 5.74) is -1.63. The van der Waals surface area contributed by atoms with Crippen molar-refractivity contribution in [2.45, 2.75) is 17.9 Å². The Kier molecular flexibility index (Phi) is 7.23. The van der Waals surface area contributed by atoms with Crippen LogP contribution in [0.2, 0.25) is 5.02 Å². The lowest BCUT2D eigenvalue weighted by atomic mass is 9.99. The van der Waals surface area contributed by atoms with Crippen molar-refractivity contribution in [2.24, 2.45) is 0 Å². The van der Waals surface area contributed by atoms with Gasteiger partial charge in [0.1, 0.15) is 27.7 Å². The molecule has 3 aromatic carbocycles. The lowest BCUT2D eigenvalue weighted by molar-refractivity contribution is 0.414. The third-order valence-electron chi connectivity index (χ3n) is 6.97. The molecular formula is C27H20ClF6N3O3S. The van der Waals surface area contributed by atoms with Gasteiger partial charge >= 0.3 is 0 Å². The van der Waals surface area contributed by atoms with Crippen molar-refractivity contribution < 1.29 is 39.9 Å². The van der Waals surface area contributed by atoms with Gasteiger partial charge in [-0.2, -0.15) is 0 Å². The van der Waals surface area contributed by atoms with Gasteiger partial charge < -0.3 is 14.9 Å². The molecule has 5 rings (SSSR count). The molecule has 14 heteroatoms. The zero-order valence-corrected chi connectivity index (χ0v) is 22.9. The van der Waals surface area contributed by atoms with Gasteiger partial charge in [0.25, 0.3) is 0 Å². The number of aromatic nitrogens is 1. The highest BCUT2D eigenvalue weighted by molar-refractivity contribution is 7.90. The largest absolute Gasteiger partial charge is 0.507 e. The van der Waals surface area contributed by atoms with E-state index in [0.29, 0.717) is 11.9 Å². The molecule has 0 aliphatic carbocycles. The standard InChI is InChI=1S/C27H20ClF6N3O3S/c1-12-11-36(26-21(31)23(33)27(41(2,39)40)24(34)22(26)32)8-9-37(12)16-6-7-35-25-13(16)10-14(28)18(20(25)30)19-15(29)4-3-5-17(19)38/h3-7,10,12,38H,8-9,11H2,1-2H3/t12-/m0/s1. The summed E-state index contributed by atoms with van der Waals surface area (Å²) in [7, 11) is -4.60. The maximum atomic E-state index is 15.7. The molecule has 4 aromatic rings. The highest BCUT2D eigenvalue weighted by atomic mass is 35.5. The number of phenolic OH excluding ortho intramolecular Hbond substituents is 1. The zero-order chi connectivity index (χ0) is 30.0. The van der Waals surface area contributed by atoms with Gasteiger partial charge in [0.2, 0.25) is 0 Å². The molecule has 1 aliphatic rings. The average molecular weight is 616 g/mol. The third-order valence-corrected chi connectivity index (χ3v) is 8.37. The summed E-state index contributed by atoms with van der Waals surface area (Å²) in [6.45, 7) is 1.36. The molecule has 0 spiro atoms. The predicted molar refractivity (Wildman–Crippen MR) is 142 cm³/mol. The van der Waals surface area contributed by atoms with Gasteiger partial charge in [-0.1, -0.05) is 17.7 Å². The normalized spacial score (nSPS) is 16.1. The molecule has 1 fully saturated rings. The third kappa shape index (κ3) is 4.70. The summed E-state index contributed by atoms with van der Waals surface area (Å²) in [5, 5.41) is 10.2. The van der Waals surface area contributed by atoms with Crippen LogP contribution in [0.3, 0.4) is 0 Å². The number of halogens is 7. The Morgan fingerprint density at radius 1 is 0.951 bits per heavy atom. The van der Waals surface area contributed by atoms with E-state index in [9.17, 15) is 35.5 Å². The molecule has 1 N–H and O–H groups in total. The molecule has 1 atom stereocenters. The van der Waals surface area contributed by atoms with E-state index in [-0.39, 0.29) is 41.1 Å². The summed E-state index contributed by atoms with van der Waals surface area (Å²) in [5.74, 6) is -10.1. The van der Waals surface area contributed by atoms with E-state index in [4.69, 9.17) is 11.6 Å². The zero-order valence-electron chi connectivity index (χ0n) is 21.3. The van der Waals surface area contributed by atoms with Crippen LogP contribution < -0.4 is 9.80 Å². The minimum absolute atomic E-state index is 0.0331. The van der Waals surface area contributed by atoms with Crippen molar-refractivity contribution in [3.63, 3.8) is 0 Å². The van der Waals surface area contributed by atoms with Gasteiger partial charge in [-0.3, -0.25) is 4.98 Å². The monoisotopic (exact) mass is 615 g/mol. The Morgan fingerprint density at radius 2 is 1.61 bits per heavy atom. The number of fused-ring (bicyclic) bond motifs is 1. The van der Waals surface area contributed by atoms with Crippen LogP contribution in [-0.4, -0.2) is 50.4 Å². The molecule has 1 aliphatic heterocycles. The molecule has 1 saturated heterocycles. The second kappa shape index (κ2) is 10.3. The summed E-state index contributed by atoms with van der Waals surface area (Å²) in [6, 6.07) is 5.80. The lowest BCUT2D eigenvalue weighted by Crippen LogP contribution is -2.52. The molecule has 0 unspecified atom stereocenters. The SMILES string of the molecule is C[C@H]1CN(c2c(F)c(F)c(S(C)(=O)=O)c(F)c2F)CCN1c1ccnc2c(F)c(-c3c(O)cccc3F)c(Cl)cc12. The first kappa shape index (κ1) is 28.8. The first-order chi connectivity index (χ1) is 19.2. The van der Waals surface area contributed by atoms with E-state index in [2.05, 4.69) is 4.98 Å². The quantitative estimate of drug-likeness (QED) is 0.217. The number of nitrogens with zero attached hydrogens (tertiary/aromatic N) is 3. The van der Waals surface area contributed by atoms with Gasteiger partial charge in [0.05, 0.1) is 10.6 Å². The van der Waals surface area contributed by atoms with Gasteiger partial charge in [-0.25, -0.2) is 34.8 Å². The van der Waals surface area contributed by atoms with Crippen molar-refractivity contribution in [2.75, 3.05) is 35.7 Å². The molecule has 6 nitrogen and oxygen atoms in total. The first-order valence-corrected chi connectivity index (χ1v) is 14.3. The number of hydrogen-bond donors (Lipinski definition) is 1. The molecule has 216 valence electrons. The Bertz CT molecular complexity index is 1790. The van der Waals surface area contributed by atoms with E-state index in [1.165, 1.54) is 24.4 Å². The van der Waals surface area contributed by atoms with E-state index in [1.807, 2.05) is 0 Å². The Balaban J connectivity index is 1.54. The minimum Gasteiger partial charge on any atom is -0.507 e. The fourth-order valence-electron chi connectivity index (χ4n) is 5.16. The average Bonchev–Trinajstić information content (AvgIpc) is 2.88. The summed E-state index contributed by atoms with van der Waals surface area (Å²) >= 11 is 6.38. The van der Waals surface area contributed by atoms with Crippen molar-refractivity contribution in [1.82, 2.24) is 4.98 Å². The highest BCUT2D eigenvalue weighted by Gasteiger charge is 2.36. The summed E-state index contributed by atoms with van der Waals surface area (Å²) < 4.78 is 113. The van der Waals surface area contributed by atoms with Crippen molar-refractivity contribution >= 4 is 43.7 Å². The topological polar surface area (TPSA) is 73.7 Å². The van der Waals surface area contributed by atoms with Gasteiger partial charge in [-0.05, 0) is 31.2 Å². The van der Waals surface area contributed by atoms with Gasteiger partial charge in [-0.15, -0.1) is 0 Å². The molecule has 2 heterocycles. The maximum absolute atomic E-state index is 15.7. The fourth-order valence-corrected chi connectivity index (χ4v) is 6.28. The van der Waals surface area contributed by atoms with E-state index in [0.717, 1.165) is 11.0 Å². The van der Waals surface area contributed by atoms with E-state index in [1.54, 1.807) is 17.9 Å². The number of benzene rings is 3. The smallest absolute Gasteiger partial charge is 0.186 e. The van der Waals surface area contributed by atoms with E-state index < -0.39 is 72.7 Å². The Labute approximate surface area is 235 Å². The predicted octanol–water partition coefficient (Wildman–Crippen LogP) is 6.21. The molecular weight excluding hydrogens is 596 g/mol. The van der Waals surface area contributed by atoms with Crippen LogP contribution in [-0.2, 0) is 9.84 Å². The van der Waals surface area contributed by atoms with Crippen molar-refractivity contribution in [1.29, 1.82) is 0 Å². The molecule has 0 saturated carbocycles. The minimum atomic E-state index is -4.60. The van der Waals surface area contributed by atoms with Crippen molar-refractivity contribution in [3.8, 4) is 16.9 Å². The Hall–Kier alpha value is -3.71. The second-order valence-electron chi connectivity index (χ2n) is 9.60. The molecule has 0 amide bonds. The van der Waals surface area contributed by atoms with Crippen LogP contribution in [0.25, 0.3) is 22.0 Å². The van der Waals surface area contributed by atoms with Gasteiger partial charge in [0.15, 0.2) is 38.9 Å². The number of piperazine rings is 1. The number of pyridine rings is 1. The van der Waals surface area contributed by atoms with Crippen LogP contribution in [0.5, 0.6) is 5.75 Å². The lowest BCUT2D eigenvalue weighted by Gasteiger charge is -2.42. The van der Waals surface area contributed by atoms with Crippen LogP contribution in [0.15, 0.2) is 41.4 Å². The summed E-state index contributed by atoms with van der Waals surface area (Å²) in [6.07, 6.45) is 1.73. The second-order valence-corrected chi connectivity index (χ2v) is 12.0. The van der Waals surface area contributed by atoms with Crippen molar-refractivity contribution in [3.05, 3.63) is 76.5 Å². The fraction of sp³-hybridized carbons (Fsp3) is 0.222. The van der Waals surface area contributed by atoms with Crippen LogP contribution in [0.4, 0.5) is 37.7 Å². The van der Waals surface area contributed by atoms with Crippen LogP contribution in [0, 0.1) is 34.9 Å². The number of anilines is 2. The summed E-state index contributed by atoms with van der Waals surface area (Å²) in [4.78, 5) is 5.18. The number of rotatable bonds is 4. The Morgan fingerprint density at radius 3 is 2.20 bits per heavy atom. The number of aromatic hydroxyl groups is 1. The molecule has 0 bridgehead atoms. The van der Waals surface area contributed by atoms with E-state index >= 15 is 4.39 Å². The van der Waals surface area contributed by atoms with Crippen LogP contribution >= 0.6 is 11.6 Å². The number of hydrogen-bond acceptors (Lipinski definition) is 6. The number of phenols is 1.